The molecule has 0 heterocycles. The number of rotatable bonds is 7. The van der Waals surface area contributed by atoms with Crippen molar-refractivity contribution >= 4 is 18.3 Å². The molecule has 4 nitrogen and oxygen atoms in total. The zero-order valence-corrected chi connectivity index (χ0v) is 14.0. The molecule has 1 amide bonds. The minimum absolute atomic E-state index is 0. The molecule has 23 heavy (non-hydrogen) atoms. The number of amides is 1. The molecule has 5 heteroatoms. The van der Waals surface area contributed by atoms with Crippen LogP contribution in [0.3, 0.4) is 0 Å². The van der Waals surface area contributed by atoms with E-state index in [1.165, 1.54) is 0 Å². The van der Waals surface area contributed by atoms with Gasteiger partial charge in [0, 0.05) is 13.7 Å². The number of benzene rings is 2. The summed E-state index contributed by atoms with van der Waals surface area (Å²) in [6, 6.07) is 17.1. The maximum atomic E-state index is 12.1. The third kappa shape index (κ3) is 6.02. The molecule has 124 valence electrons. The van der Waals surface area contributed by atoms with E-state index in [-0.39, 0.29) is 18.3 Å². The van der Waals surface area contributed by atoms with Crippen LogP contribution in [0, 0.1) is 0 Å². The van der Waals surface area contributed by atoms with Crippen molar-refractivity contribution in [3.8, 4) is 0 Å². The van der Waals surface area contributed by atoms with Crippen molar-refractivity contribution in [2.75, 3.05) is 7.11 Å². The number of ether oxygens (including phenoxy) is 1. The maximum Gasteiger partial charge on any atom is 0.237 e. The number of methoxy groups -OCH3 is 1. The number of carbonyl (C=O) groups excluding carboxylic acids is 1. The highest BCUT2D eigenvalue weighted by atomic mass is 35.5. The van der Waals surface area contributed by atoms with Crippen molar-refractivity contribution < 1.29 is 9.53 Å². The van der Waals surface area contributed by atoms with Gasteiger partial charge in [0.1, 0.15) is 0 Å². The number of nitrogens with two attached hydrogens (primary N) is 1. The smallest absolute Gasteiger partial charge is 0.237 e. The van der Waals surface area contributed by atoms with E-state index in [2.05, 4.69) is 5.32 Å². The molecule has 1 atom stereocenters. The summed E-state index contributed by atoms with van der Waals surface area (Å²) in [5.41, 5.74) is 9.15. The van der Waals surface area contributed by atoms with Gasteiger partial charge in [-0.25, -0.2) is 0 Å². The van der Waals surface area contributed by atoms with Gasteiger partial charge in [0.05, 0.1) is 12.6 Å². The first-order chi connectivity index (χ1) is 10.7. The molecule has 0 fully saturated rings. The Labute approximate surface area is 143 Å². The van der Waals surface area contributed by atoms with Crippen LogP contribution in [0.15, 0.2) is 54.6 Å². The topological polar surface area (TPSA) is 64.3 Å². The predicted molar refractivity (Wildman–Crippen MR) is 94.4 cm³/mol. The molecule has 0 radical (unpaired) electrons. The third-order valence-electron chi connectivity index (χ3n) is 3.51. The number of halogens is 1. The Morgan fingerprint density at radius 3 is 2.35 bits per heavy atom. The van der Waals surface area contributed by atoms with E-state index >= 15 is 0 Å². The molecule has 0 saturated carbocycles. The lowest BCUT2D eigenvalue weighted by Crippen LogP contribution is -2.41. The largest absolute Gasteiger partial charge is 0.380 e. The van der Waals surface area contributed by atoms with E-state index in [0.717, 1.165) is 16.7 Å². The first-order valence-electron chi connectivity index (χ1n) is 7.33. The molecule has 0 aliphatic heterocycles. The molecule has 0 aromatic heterocycles. The SMILES string of the molecule is COCc1ccccc1CNC(=O)[C@@H](N)Cc1ccccc1.Cl. The molecule has 2 rings (SSSR count). The summed E-state index contributed by atoms with van der Waals surface area (Å²) < 4.78 is 5.16. The van der Waals surface area contributed by atoms with Crippen LogP contribution < -0.4 is 11.1 Å². The normalized spacial score (nSPS) is 11.4. The molecular formula is C18H23ClN2O2. The number of nitrogens with one attached hydrogen (secondary N) is 1. The number of hydrogen-bond acceptors (Lipinski definition) is 3. The summed E-state index contributed by atoms with van der Waals surface area (Å²) in [5, 5.41) is 2.90. The van der Waals surface area contributed by atoms with Crippen molar-refractivity contribution in [1.29, 1.82) is 0 Å². The fourth-order valence-corrected chi connectivity index (χ4v) is 2.30. The lowest BCUT2D eigenvalue weighted by molar-refractivity contribution is -0.122. The average molecular weight is 335 g/mol. The van der Waals surface area contributed by atoms with Gasteiger partial charge in [-0.3, -0.25) is 4.79 Å². The van der Waals surface area contributed by atoms with Gasteiger partial charge >= 0.3 is 0 Å². The summed E-state index contributed by atoms with van der Waals surface area (Å²) in [5.74, 6) is -0.143. The maximum absolute atomic E-state index is 12.1. The van der Waals surface area contributed by atoms with Crippen LogP contribution in [0.4, 0.5) is 0 Å². The second-order valence-corrected chi connectivity index (χ2v) is 5.22. The lowest BCUT2D eigenvalue weighted by atomic mass is 10.1. The second-order valence-electron chi connectivity index (χ2n) is 5.22. The Balaban J connectivity index is 0.00000264. The third-order valence-corrected chi connectivity index (χ3v) is 3.51. The highest BCUT2D eigenvalue weighted by Gasteiger charge is 2.14. The van der Waals surface area contributed by atoms with Crippen molar-refractivity contribution in [3.05, 3.63) is 71.3 Å². The fraction of sp³-hybridized carbons (Fsp3) is 0.278. The van der Waals surface area contributed by atoms with E-state index in [0.29, 0.717) is 19.6 Å². The molecule has 0 aliphatic rings. The van der Waals surface area contributed by atoms with E-state index in [9.17, 15) is 4.79 Å². The summed E-state index contributed by atoms with van der Waals surface area (Å²) in [6.07, 6.45) is 0.534. The summed E-state index contributed by atoms with van der Waals surface area (Å²) in [7, 11) is 1.66. The van der Waals surface area contributed by atoms with Crippen LogP contribution in [0.25, 0.3) is 0 Å². The van der Waals surface area contributed by atoms with Crippen molar-refractivity contribution in [3.63, 3.8) is 0 Å². The second kappa shape index (κ2) is 10.0. The van der Waals surface area contributed by atoms with Gasteiger partial charge < -0.3 is 15.8 Å². The minimum atomic E-state index is -0.544. The van der Waals surface area contributed by atoms with E-state index < -0.39 is 6.04 Å². The van der Waals surface area contributed by atoms with Crippen LogP contribution in [0.2, 0.25) is 0 Å². The Kier molecular flexibility index (Phi) is 8.33. The van der Waals surface area contributed by atoms with Gasteiger partial charge in [0.2, 0.25) is 5.91 Å². The number of hydrogen-bond donors (Lipinski definition) is 2. The molecule has 0 bridgehead atoms. The Morgan fingerprint density at radius 1 is 1.09 bits per heavy atom. The van der Waals surface area contributed by atoms with Crippen LogP contribution >= 0.6 is 12.4 Å². The Bertz CT molecular complexity index is 605. The molecular weight excluding hydrogens is 312 g/mol. The molecule has 3 N–H and O–H groups in total. The van der Waals surface area contributed by atoms with Crippen LogP contribution in [-0.2, 0) is 29.1 Å². The lowest BCUT2D eigenvalue weighted by Gasteiger charge is -2.14. The van der Waals surface area contributed by atoms with E-state index in [4.69, 9.17) is 10.5 Å². The quantitative estimate of drug-likeness (QED) is 0.817. The van der Waals surface area contributed by atoms with Crippen molar-refractivity contribution in [1.82, 2.24) is 5.32 Å². The van der Waals surface area contributed by atoms with Crippen LogP contribution in [0.5, 0.6) is 0 Å². The van der Waals surface area contributed by atoms with E-state index in [1.807, 2.05) is 54.6 Å². The van der Waals surface area contributed by atoms with Gasteiger partial charge in [-0.1, -0.05) is 54.6 Å². The van der Waals surface area contributed by atoms with E-state index in [1.54, 1.807) is 7.11 Å². The molecule has 0 saturated heterocycles. The molecule has 2 aromatic rings. The summed E-state index contributed by atoms with van der Waals surface area (Å²) >= 11 is 0. The minimum Gasteiger partial charge on any atom is -0.380 e. The standard InChI is InChI=1S/C18H22N2O2.ClH/c1-22-13-16-10-6-5-9-15(16)12-20-18(21)17(19)11-14-7-3-2-4-8-14;/h2-10,17H,11-13,19H2,1H3,(H,20,21);1H/t17-;/m0./s1. The summed E-state index contributed by atoms with van der Waals surface area (Å²) in [4.78, 5) is 12.1. The van der Waals surface area contributed by atoms with Gasteiger partial charge in [0.25, 0.3) is 0 Å². The Hall–Kier alpha value is -1.88. The highest BCUT2D eigenvalue weighted by molar-refractivity contribution is 5.85. The molecule has 2 aromatic carbocycles. The molecule has 0 unspecified atom stereocenters. The average Bonchev–Trinajstić information content (AvgIpc) is 2.55. The first kappa shape index (κ1) is 19.2. The van der Waals surface area contributed by atoms with Gasteiger partial charge in [0.15, 0.2) is 0 Å². The molecule has 0 aliphatic carbocycles. The number of carbonyl (C=O) groups is 1. The summed E-state index contributed by atoms with van der Waals surface area (Å²) in [6.45, 7) is 0.989. The van der Waals surface area contributed by atoms with Gasteiger partial charge in [-0.15, -0.1) is 12.4 Å². The predicted octanol–water partition coefficient (Wildman–Crippen LogP) is 2.44. The van der Waals surface area contributed by atoms with Gasteiger partial charge in [-0.05, 0) is 23.1 Å². The van der Waals surface area contributed by atoms with Crippen LogP contribution in [0.1, 0.15) is 16.7 Å². The van der Waals surface area contributed by atoms with Crippen molar-refractivity contribution in [2.45, 2.75) is 25.6 Å². The monoisotopic (exact) mass is 334 g/mol. The molecule has 0 spiro atoms. The van der Waals surface area contributed by atoms with Crippen LogP contribution in [-0.4, -0.2) is 19.1 Å². The van der Waals surface area contributed by atoms with Gasteiger partial charge in [-0.2, -0.15) is 0 Å². The fourth-order valence-electron chi connectivity index (χ4n) is 2.30. The van der Waals surface area contributed by atoms with Crippen molar-refractivity contribution in [2.24, 2.45) is 5.73 Å². The zero-order valence-electron chi connectivity index (χ0n) is 13.2. The zero-order chi connectivity index (χ0) is 15.8. The Morgan fingerprint density at radius 2 is 1.70 bits per heavy atom. The first-order valence-corrected chi connectivity index (χ1v) is 7.33. The highest BCUT2D eigenvalue weighted by Crippen LogP contribution is 2.10.